The van der Waals surface area contributed by atoms with E-state index in [0.29, 0.717) is 0 Å². The molecule has 3 rings (SSSR count). The van der Waals surface area contributed by atoms with Gasteiger partial charge >= 0.3 is 0 Å². The van der Waals surface area contributed by atoms with Crippen LogP contribution in [0.1, 0.15) is 18.9 Å². The molecule has 1 unspecified atom stereocenters. The number of benzene rings is 1. The summed E-state index contributed by atoms with van der Waals surface area (Å²) in [5.74, 6) is 0. The van der Waals surface area contributed by atoms with Gasteiger partial charge in [-0.1, -0.05) is 18.2 Å². The van der Waals surface area contributed by atoms with Crippen LogP contribution < -0.4 is 5.32 Å². The average molecular weight is 231 g/mol. The number of hydrogen-bond acceptors (Lipinski definition) is 3. The Morgan fingerprint density at radius 3 is 3.06 bits per heavy atom. The van der Waals surface area contributed by atoms with Crippen LogP contribution in [0.3, 0.4) is 0 Å². The standard InChI is InChI=1S/C14H17NO2/c1-14(6-7-16-10-14)15-8-11-9-17-13-5-3-2-4-12(11)13/h2-5,9,15H,6-8,10H2,1H3. The lowest BCUT2D eigenvalue weighted by molar-refractivity contribution is 0.171. The number of ether oxygens (including phenoxy) is 1. The number of rotatable bonds is 3. The molecule has 1 saturated heterocycles. The summed E-state index contributed by atoms with van der Waals surface area (Å²) in [6, 6.07) is 8.14. The maximum atomic E-state index is 5.53. The summed E-state index contributed by atoms with van der Waals surface area (Å²) < 4.78 is 11.0. The Bertz CT molecular complexity index is 512. The number of para-hydroxylation sites is 1. The molecule has 3 nitrogen and oxygen atoms in total. The van der Waals surface area contributed by atoms with E-state index in [4.69, 9.17) is 9.15 Å². The molecule has 1 aliphatic heterocycles. The second-order valence-electron chi connectivity index (χ2n) is 4.97. The molecule has 1 N–H and O–H groups in total. The second-order valence-corrected chi connectivity index (χ2v) is 4.97. The van der Waals surface area contributed by atoms with Crippen molar-refractivity contribution in [2.24, 2.45) is 0 Å². The predicted octanol–water partition coefficient (Wildman–Crippen LogP) is 2.70. The molecule has 0 bridgehead atoms. The number of nitrogens with one attached hydrogen (secondary N) is 1. The van der Waals surface area contributed by atoms with Gasteiger partial charge in [0.1, 0.15) is 5.58 Å². The summed E-state index contributed by atoms with van der Waals surface area (Å²) in [7, 11) is 0. The molecule has 17 heavy (non-hydrogen) atoms. The van der Waals surface area contributed by atoms with Gasteiger partial charge in [0.15, 0.2) is 0 Å². The van der Waals surface area contributed by atoms with Gasteiger partial charge in [0.25, 0.3) is 0 Å². The fourth-order valence-corrected chi connectivity index (χ4v) is 2.28. The third kappa shape index (κ3) is 2.08. The molecule has 0 radical (unpaired) electrons. The second kappa shape index (κ2) is 4.17. The van der Waals surface area contributed by atoms with Gasteiger partial charge < -0.3 is 14.5 Å². The molecular formula is C14H17NO2. The van der Waals surface area contributed by atoms with Gasteiger partial charge in [0.2, 0.25) is 0 Å². The largest absolute Gasteiger partial charge is 0.464 e. The van der Waals surface area contributed by atoms with E-state index in [1.807, 2.05) is 24.5 Å². The van der Waals surface area contributed by atoms with E-state index in [1.54, 1.807) is 0 Å². The van der Waals surface area contributed by atoms with Crippen LogP contribution >= 0.6 is 0 Å². The Balaban J connectivity index is 1.76. The summed E-state index contributed by atoms with van der Waals surface area (Å²) in [5, 5.41) is 4.76. The smallest absolute Gasteiger partial charge is 0.134 e. The lowest BCUT2D eigenvalue weighted by Crippen LogP contribution is -2.42. The highest BCUT2D eigenvalue weighted by molar-refractivity contribution is 5.80. The first-order valence-corrected chi connectivity index (χ1v) is 6.05. The molecule has 1 fully saturated rings. The van der Waals surface area contributed by atoms with Crippen LogP contribution in [0.2, 0.25) is 0 Å². The van der Waals surface area contributed by atoms with Gasteiger partial charge in [0.05, 0.1) is 12.9 Å². The number of fused-ring (bicyclic) bond motifs is 1. The summed E-state index contributed by atoms with van der Waals surface area (Å²) in [5.41, 5.74) is 2.28. The first-order valence-electron chi connectivity index (χ1n) is 6.05. The molecule has 0 aliphatic carbocycles. The molecular weight excluding hydrogens is 214 g/mol. The highest BCUT2D eigenvalue weighted by atomic mass is 16.5. The van der Waals surface area contributed by atoms with Crippen LogP contribution in [0.25, 0.3) is 11.0 Å². The van der Waals surface area contributed by atoms with Crippen molar-refractivity contribution in [1.29, 1.82) is 0 Å². The minimum absolute atomic E-state index is 0.109. The highest BCUT2D eigenvalue weighted by Gasteiger charge is 2.28. The molecule has 2 heterocycles. The molecule has 1 aromatic carbocycles. The summed E-state index contributed by atoms with van der Waals surface area (Å²) in [4.78, 5) is 0. The SMILES string of the molecule is CC1(NCc2coc3ccccc23)CCOC1. The van der Waals surface area contributed by atoms with Crippen LogP contribution in [0.15, 0.2) is 34.9 Å². The van der Waals surface area contributed by atoms with Crippen molar-refractivity contribution in [3.63, 3.8) is 0 Å². The predicted molar refractivity (Wildman–Crippen MR) is 66.9 cm³/mol. The molecule has 1 aromatic heterocycles. The lowest BCUT2D eigenvalue weighted by Gasteiger charge is -2.23. The first kappa shape index (κ1) is 10.8. The maximum absolute atomic E-state index is 5.53. The van der Waals surface area contributed by atoms with E-state index in [0.717, 1.165) is 31.8 Å². The molecule has 0 amide bonds. The molecule has 2 aromatic rings. The molecule has 1 atom stereocenters. The Morgan fingerprint density at radius 1 is 1.35 bits per heavy atom. The van der Waals surface area contributed by atoms with Crippen molar-refractivity contribution >= 4 is 11.0 Å². The Hall–Kier alpha value is -1.32. The van der Waals surface area contributed by atoms with E-state index in [1.165, 1.54) is 10.9 Å². The zero-order valence-electron chi connectivity index (χ0n) is 10.0. The van der Waals surface area contributed by atoms with E-state index in [-0.39, 0.29) is 5.54 Å². The van der Waals surface area contributed by atoms with Crippen molar-refractivity contribution in [2.75, 3.05) is 13.2 Å². The third-order valence-electron chi connectivity index (χ3n) is 3.49. The minimum atomic E-state index is 0.109. The zero-order chi connectivity index (χ0) is 11.7. The molecule has 0 spiro atoms. The van der Waals surface area contributed by atoms with Crippen LogP contribution in [0.4, 0.5) is 0 Å². The van der Waals surface area contributed by atoms with E-state index < -0.39 is 0 Å². The van der Waals surface area contributed by atoms with Gasteiger partial charge in [-0.05, 0) is 19.4 Å². The molecule has 0 saturated carbocycles. The Kier molecular flexibility index (Phi) is 2.65. The van der Waals surface area contributed by atoms with E-state index in [9.17, 15) is 0 Å². The van der Waals surface area contributed by atoms with Crippen LogP contribution in [0, 0.1) is 0 Å². The van der Waals surface area contributed by atoms with Crippen LogP contribution in [-0.2, 0) is 11.3 Å². The van der Waals surface area contributed by atoms with E-state index in [2.05, 4.69) is 18.3 Å². The van der Waals surface area contributed by atoms with Crippen molar-refractivity contribution in [1.82, 2.24) is 5.32 Å². The fraction of sp³-hybridized carbons (Fsp3) is 0.429. The Labute approximate surface area is 101 Å². The van der Waals surface area contributed by atoms with Crippen LogP contribution in [0.5, 0.6) is 0 Å². The molecule has 90 valence electrons. The van der Waals surface area contributed by atoms with Gasteiger partial charge in [-0.15, -0.1) is 0 Å². The topological polar surface area (TPSA) is 34.4 Å². The molecule has 3 heteroatoms. The quantitative estimate of drug-likeness (QED) is 0.882. The molecule has 1 aliphatic rings. The average Bonchev–Trinajstić information content (AvgIpc) is 2.94. The number of furan rings is 1. The maximum Gasteiger partial charge on any atom is 0.134 e. The highest BCUT2D eigenvalue weighted by Crippen LogP contribution is 2.23. The van der Waals surface area contributed by atoms with Gasteiger partial charge in [-0.3, -0.25) is 0 Å². The third-order valence-corrected chi connectivity index (χ3v) is 3.49. The van der Waals surface area contributed by atoms with Gasteiger partial charge in [-0.2, -0.15) is 0 Å². The summed E-state index contributed by atoms with van der Waals surface area (Å²) in [6.45, 7) is 4.69. The Morgan fingerprint density at radius 2 is 2.24 bits per heavy atom. The van der Waals surface area contributed by atoms with Gasteiger partial charge in [-0.25, -0.2) is 0 Å². The van der Waals surface area contributed by atoms with Gasteiger partial charge in [0, 0.05) is 29.6 Å². The zero-order valence-corrected chi connectivity index (χ0v) is 10.0. The van der Waals surface area contributed by atoms with Crippen LogP contribution in [-0.4, -0.2) is 18.8 Å². The lowest BCUT2D eigenvalue weighted by atomic mass is 10.0. The summed E-state index contributed by atoms with van der Waals surface area (Å²) in [6.07, 6.45) is 2.92. The normalized spacial score (nSPS) is 24.5. The number of hydrogen-bond donors (Lipinski definition) is 1. The van der Waals surface area contributed by atoms with Crippen molar-refractivity contribution in [2.45, 2.75) is 25.4 Å². The fourth-order valence-electron chi connectivity index (χ4n) is 2.28. The van der Waals surface area contributed by atoms with Crippen molar-refractivity contribution in [3.8, 4) is 0 Å². The first-order chi connectivity index (χ1) is 8.27. The summed E-state index contributed by atoms with van der Waals surface area (Å²) >= 11 is 0. The minimum Gasteiger partial charge on any atom is -0.464 e. The monoisotopic (exact) mass is 231 g/mol. The van der Waals surface area contributed by atoms with E-state index >= 15 is 0 Å². The van der Waals surface area contributed by atoms with Crippen molar-refractivity contribution in [3.05, 3.63) is 36.1 Å². The van der Waals surface area contributed by atoms with Crippen molar-refractivity contribution < 1.29 is 9.15 Å².